The molecule has 178 valence electrons. The van der Waals surface area contributed by atoms with Crippen LogP contribution in [0.3, 0.4) is 0 Å². The molecule has 3 aromatic carbocycles. The first-order valence-corrected chi connectivity index (χ1v) is 12.1. The van der Waals surface area contributed by atoms with Crippen LogP contribution in [0.1, 0.15) is 46.7 Å². The van der Waals surface area contributed by atoms with Crippen LogP contribution in [-0.4, -0.2) is 29.3 Å². The molecule has 0 bridgehead atoms. The number of hydrogen-bond donors (Lipinski definition) is 1. The minimum Gasteiger partial charge on any atom is -0.354 e. The van der Waals surface area contributed by atoms with Gasteiger partial charge >= 0.3 is 0 Å². The summed E-state index contributed by atoms with van der Waals surface area (Å²) in [5, 5.41) is 3.03. The lowest BCUT2D eigenvalue weighted by Crippen LogP contribution is -2.51. The lowest BCUT2D eigenvalue weighted by Gasteiger charge is -2.32. The molecule has 4 heteroatoms. The van der Waals surface area contributed by atoms with Crippen LogP contribution in [0.2, 0.25) is 0 Å². The Morgan fingerprint density at radius 1 is 0.824 bits per heavy atom. The minimum atomic E-state index is -0.589. The topological polar surface area (TPSA) is 49.4 Å². The maximum absolute atomic E-state index is 13.8. The van der Waals surface area contributed by atoms with E-state index in [9.17, 15) is 9.59 Å². The highest BCUT2D eigenvalue weighted by Gasteiger charge is 2.30. The number of benzene rings is 3. The largest absolute Gasteiger partial charge is 0.354 e. The van der Waals surface area contributed by atoms with Crippen LogP contribution >= 0.6 is 0 Å². The molecule has 0 aliphatic heterocycles. The lowest BCUT2D eigenvalue weighted by molar-refractivity contribution is -0.140. The monoisotopic (exact) mass is 456 g/mol. The van der Waals surface area contributed by atoms with Crippen molar-refractivity contribution in [3.8, 4) is 0 Å². The summed E-state index contributed by atoms with van der Waals surface area (Å²) in [5.41, 5.74) is 6.52. The van der Waals surface area contributed by atoms with Crippen molar-refractivity contribution < 1.29 is 9.59 Å². The molecule has 0 unspecified atom stereocenters. The van der Waals surface area contributed by atoms with Crippen LogP contribution in [0.4, 0.5) is 0 Å². The van der Waals surface area contributed by atoms with Crippen molar-refractivity contribution >= 4 is 11.8 Å². The van der Waals surface area contributed by atoms with E-state index in [0.717, 1.165) is 34.2 Å². The maximum Gasteiger partial charge on any atom is 0.243 e. The highest BCUT2D eigenvalue weighted by atomic mass is 16.2. The Kier molecular flexibility index (Phi) is 9.03. The van der Waals surface area contributed by atoms with Crippen LogP contribution in [0.15, 0.2) is 72.8 Å². The number of amides is 2. The molecule has 0 aromatic heterocycles. The summed E-state index contributed by atoms with van der Waals surface area (Å²) in [6.45, 7) is 9.18. The molecule has 0 aliphatic carbocycles. The second-order valence-electron chi connectivity index (χ2n) is 9.10. The van der Waals surface area contributed by atoms with Gasteiger partial charge in [0.05, 0.1) is 6.42 Å². The van der Waals surface area contributed by atoms with Crippen molar-refractivity contribution in [3.63, 3.8) is 0 Å². The fourth-order valence-electron chi connectivity index (χ4n) is 4.12. The van der Waals surface area contributed by atoms with Gasteiger partial charge in [0.25, 0.3) is 0 Å². The molecule has 1 N–H and O–H groups in total. The van der Waals surface area contributed by atoms with E-state index in [1.807, 2.05) is 68.4 Å². The van der Waals surface area contributed by atoms with Gasteiger partial charge in [0.1, 0.15) is 6.04 Å². The van der Waals surface area contributed by atoms with Crippen molar-refractivity contribution in [1.82, 2.24) is 10.2 Å². The molecular weight excluding hydrogens is 420 g/mol. The first kappa shape index (κ1) is 25.2. The second kappa shape index (κ2) is 12.2. The highest BCUT2D eigenvalue weighted by molar-refractivity contribution is 5.88. The molecule has 0 saturated heterocycles. The van der Waals surface area contributed by atoms with E-state index in [-0.39, 0.29) is 18.2 Å². The molecule has 0 aliphatic rings. The number of hydrogen-bond acceptors (Lipinski definition) is 2. The second-order valence-corrected chi connectivity index (χ2v) is 9.10. The smallest absolute Gasteiger partial charge is 0.243 e. The van der Waals surface area contributed by atoms with Crippen molar-refractivity contribution in [2.75, 3.05) is 6.54 Å². The van der Waals surface area contributed by atoms with Gasteiger partial charge in [-0.3, -0.25) is 9.59 Å². The summed E-state index contributed by atoms with van der Waals surface area (Å²) in [5.74, 6) is -0.149. The molecule has 0 fully saturated rings. The normalized spacial score (nSPS) is 11.6. The fourth-order valence-corrected chi connectivity index (χ4v) is 4.12. The summed E-state index contributed by atoms with van der Waals surface area (Å²) in [6.07, 6.45) is 1.58. The number of carbonyl (C=O) groups is 2. The third kappa shape index (κ3) is 7.05. The lowest BCUT2D eigenvalue weighted by atomic mass is 10.00. The van der Waals surface area contributed by atoms with Crippen molar-refractivity contribution in [3.05, 3.63) is 106 Å². The first-order valence-electron chi connectivity index (χ1n) is 12.1. The Balaban J connectivity index is 1.96. The molecule has 34 heavy (non-hydrogen) atoms. The Morgan fingerprint density at radius 3 is 2.24 bits per heavy atom. The van der Waals surface area contributed by atoms with Gasteiger partial charge in [-0.1, -0.05) is 85.3 Å². The Morgan fingerprint density at radius 2 is 1.56 bits per heavy atom. The Bertz CT molecular complexity index is 1110. The highest BCUT2D eigenvalue weighted by Crippen LogP contribution is 2.18. The van der Waals surface area contributed by atoms with Crippen LogP contribution in [-0.2, 0) is 29.0 Å². The van der Waals surface area contributed by atoms with Crippen LogP contribution < -0.4 is 5.32 Å². The quantitative estimate of drug-likeness (QED) is 0.449. The van der Waals surface area contributed by atoms with E-state index < -0.39 is 6.04 Å². The van der Waals surface area contributed by atoms with Gasteiger partial charge in [-0.15, -0.1) is 0 Å². The van der Waals surface area contributed by atoms with E-state index in [1.54, 1.807) is 4.90 Å². The molecule has 0 heterocycles. The van der Waals surface area contributed by atoms with E-state index in [4.69, 9.17) is 0 Å². The number of carbonyl (C=O) groups excluding carboxylic acids is 2. The molecule has 3 rings (SSSR count). The third-order valence-corrected chi connectivity index (χ3v) is 6.18. The summed E-state index contributed by atoms with van der Waals surface area (Å²) in [6, 6.07) is 23.6. The zero-order chi connectivity index (χ0) is 24.5. The zero-order valence-corrected chi connectivity index (χ0v) is 20.8. The Hall–Kier alpha value is -3.40. The van der Waals surface area contributed by atoms with E-state index in [1.165, 1.54) is 5.56 Å². The van der Waals surface area contributed by atoms with E-state index >= 15 is 0 Å². The molecule has 1 atom stereocenters. The molecule has 3 aromatic rings. The molecular formula is C30H36N2O2. The van der Waals surface area contributed by atoms with Gasteiger partial charge in [0.2, 0.25) is 11.8 Å². The van der Waals surface area contributed by atoms with Gasteiger partial charge in [-0.05, 0) is 55.0 Å². The maximum atomic E-state index is 13.8. The number of aryl methyl sites for hydroxylation is 3. The summed E-state index contributed by atoms with van der Waals surface area (Å²) in [4.78, 5) is 28.9. The average molecular weight is 457 g/mol. The minimum absolute atomic E-state index is 0.0441. The SMILES string of the molecule is CCCNC(=O)[C@@H](Cc1ccccc1)N(Cc1cccc(C)c1)C(=O)Cc1ccc(C)c(C)c1. The Labute approximate surface area is 204 Å². The van der Waals surface area contributed by atoms with Crippen LogP contribution in [0.25, 0.3) is 0 Å². The number of rotatable bonds is 10. The average Bonchev–Trinajstić information content (AvgIpc) is 2.82. The molecule has 4 nitrogen and oxygen atoms in total. The summed E-state index contributed by atoms with van der Waals surface area (Å²) < 4.78 is 0. The van der Waals surface area contributed by atoms with Crippen LogP contribution in [0, 0.1) is 20.8 Å². The predicted octanol–water partition coefficient (Wildman–Crippen LogP) is 5.32. The zero-order valence-electron chi connectivity index (χ0n) is 20.8. The van der Waals surface area contributed by atoms with Crippen LogP contribution in [0.5, 0.6) is 0 Å². The third-order valence-electron chi connectivity index (χ3n) is 6.18. The molecule has 2 amide bonds. The molecule has 0 radical (unpaired) electrons. The first-order chi connectivity index (χ1) is 16.4. The summed E-state index contributed by atoms with van der Waals surface area (Å²) in [7, 11) is 0. The summed E-state index contributed by atoms with van der Waals surface area (Å²) >= 11 is 0. The van der Waals surface area contributed by atoms with E-state index in [2.05, 4.69) is 37.4 Å². The number of nitrogens with zero attached hydrogens (tertiary/aromatic N) is 1. The van der Waals surface area contributed by atoms with Gasteiger partial charge < -0.3 is 10.2 Å². The van der Waals surface area contributed by atoms with Gasteiger partial charge in [-0.2, -0.15) is 0 Å². The van der Waals surface area contributed by atoms with Crippen molar-refractivity contribution in [2.24, 2.45) is 0 Å². The molecule has 0 spiro atoms. The predicted molar refractivity (Wildman–Crippen MR) is 139 cm³/mol. The van der Waals surface area contributed by atoms with Gasteiger partial charge in [-0.25, -0.2) is 0 Å². The van der Waals surface area contributed by atoms with Crippen molar-refractivity contribution in [1.29, 1.82) is 0 Å². The standard InChI is InChI=1S/C30H36N2O2/c1-5-16-31-30(34)28(19-25-11-7-6-8-12-25)32(21-27-13-9-10-22(2)17-27)29(33)20-26-15-14-23(3)24(4)18-26/h6-15,17-18,28H,5,16,19-21H2,1-4H3,(H,31,34)/t28-/m1/s1. The van der Waals surface area contributed by atoms with Gasteiger partial charge in [0.15, 0.2) is 0 Å². The van der Waals surface area contributed by atoms with Crippen molar-refractivity contribution in [2.45, 2.75) is 59.5 Å². The van der Waals surface area contributed by atoms with E-state index in [0.29, 0.717) is 19.5 Å². The number of nitrogens with one attached hydrogen (secondary N) is 1. The fraction of sp³-hybridized carbons (Fsp3) is 0.333. The van der Waals surface area contributed by atoms with Gasteiger partial charge in [0, 0.05) is 19.5 Å². The molecule has 0 saturated carbocycles.